The van der Waals surface area contributed by atoms with Crippen molar-refractivity contribution < 1.29 is 0 Å². The lowest BCUT2D eigenvalue weighted by atomic mass is 9.88. The molecule has 0 aliphatic carbocycles. The van der Waals surface area contributed by atoms with Crippen LogP contribution < -0.4 is 11.1 Å². The molecule has 1 aromatic rings. The molecule has 0 saturated carbocycles. The number of hydrogen-bond acceptors (Lipinski definition) is 4. The molecule has 0 amide bonds. The summed E-state index contributed by atoms with van der Waals surface area (Å²) in [5.41, 5.74) is 6.49. The van der Waals surface area contributed by atoms with E-state index in [-0.39, 0.29) is 11.5 Å². The molecule has 0 fully saturated rings. The minimum absolute atomic E-state index is 0.130. The van der Waals surface area contributed by atoms with E-state index in [0.29, 0.717) is 10.8 Å². The Bertz CT molecular complexity index is 384. The Morgan fingerprint density at radius 3 is 2.62 bits per heavy atom. The molecule has 0 aliphatic heterocycles. The van der Waals surface area contributed by atoms with Crippen molar-refractivity contribution in [2.75, 3.05) is 5.32 Å². The minimum atomic E-state index is 0.130. The zero-order valence-corrected chi connectivity index (χ0v) is 10.9. The van der Waals surface area contributed by atoms with E-state index in [2.05, 4.69) is 43.2 Å². The maximum Gasteiger partial charge on any atom is 0.159 e. The first kappa shape index (κ1) is 12.8. The SMILES string of the molecule is CC(Nc1nnccc1C(N)=S)C(C)(C)C. The van der Waals surface area contributed by atoms with Gasteiger partial charge in [-0.3, -0.25) is 0 Å². The highest BCUT2D eigenvalue weighted by molar-refractivity contribution is 7.80. The number of thiocarbonyl (C=S) groups is 1. The number of aromatic nitrogens is 2. The van der Waals surface area contributed by atoms with Crippen LogP contribution in [0.15, 0.2) is 12.3 Å². The van der Waals surface area contributed by atoms with Crippen LogP contribution >= 0.6 is 12.2 Å². The Balaban J connectivity index is 2.93. The van der Waals surface area contributed by atoms with Gasteiger partial charge in [-0.1, -0.05) is 33.0 Å². The summed E-state index contributed by atoms with van der Waals surface area (Å²) in [6.45, 7) is 8.56. The molecule has 0 aliphatic rings. The molecule has 1 aromatic heterocycles. The van der Waals surface area contributed by atoms with Crippen LogP contribution in [-0.4, -0.2) is 21.2 Å². The van der Waals surface area contributed by atoms with E-state index >= 15 is 0 Å². The predicted octanol–water partition coefficient (Wildman–Crippen LogP) is 1.96. The Hall–Kier alpha value is -1.23. The first-order valence-corrected chi connectivity index (χ1v) is 5.61. The van der Waals surface area contributed by atoms with Crippen molar-refractivity contribution in [1.82, 2.24) is 10.2 Å². The summed E-state index contributed by atoms with van der Waals surface area (Å²) in [5.74, 6) is 0.650. The van der Waals surface area contributed by atoms with Crippen molar-refractivity contribution in [2.45, 2.75) is 33.7 Å². The predicted molar refractivity (Wildman–Crippen MR) is 70.5 cm³/mol. The van der Waals surface area contributed by atoms with Gasteiger partial charge in [0.15, 0.2) is 5.82 Å². The van der Waals surface area contributed by atoms with Gasteiger partial charge in [-0.2, -0.15) is 5.10 Å². The number of nitrogens with one attached hydrogen (secondary N) is 1. The van der Waals surface area contributed by atoms with Gasteiger partial charge in [-0.15, -0.1) is 5.10 Å². The molecule has 1 rings (SSSR count). The van der Waals surface area contributed by atoms with Gasteiger partial charge in [0.05, 0.1) is 11.8 Å². The molecule has 5 heteroatoms. The minimum Gasteiger partial charge on any atom is -0.389 e. The molecule has 0 bridgehead atoms. The second-order valence-electron chi connectivity index (χ2n) is 4.89. The smallest absolute Gasteiger partial charge is 0.159 e. The van der Waals surface area contributed by atoms with Gasteiger partial charge < -0.3 is 11.1 Å². The Kier molecular flexibility index (Phi) is 3.80. The van der Waals surface area contributed by atoms with E-state index in [1.54, 1.807) is 12.3 Å². The molecule has 3 N–H and O–H groups in total. The highest BCUT2D eigenvalue weighted by atomic mass is 32.1. The average molecular weight is 238 g/mol. The summed E-state index contributed by atoms with van der Waals surface area (Å²) in [5, 5.41) is 11.2. The lowest BCUT2D eigenvalue weighted by Crippen LogP contribution is -2.32. The number of nitrogens with zero attached hydrogens (tertiary/aromatic N) is 2. The number of anilines is 1. The number of rotatable bonds is 3. The average Bonchev–Trinajstić information content (AvgIpc) is 2.16. The van der Waals surface area contributed by atoms with Crippen LogP contribution in [0.3, 0.4) is 0 Å². The number of hydrogen-bond donors (Lipinski definition) is 2. The van der Waals surface area contributed by atoms with Gasteiger partial charge >= 0.3 is 0 Å². The molecule has 1 atom stereocenters. The fraction of sp³-hybridized carbons (Fsp3) is 0.545. The second kappa shape index (κ2) is 4.74. The van der Waals surface area contributed by atoms with Crippen LogP contribution in [0.4, 0.5) is 5.82 Å². The van der Waals surface area contributed by atoms with Crippen LogP contribution in [-0.2, 0) is 0 Å². The first-order chi connectivity index (χ1) is 7.32. The third kappa shape index (κ3) is 3.13. The molecule has 0 aromatic carbocycles. The van der Waals surface area contributed by atoms with Crippen LogP contribution in [0.1, 0.15) is 33.3 Å². The quantitative estimate of drug-likeness (QED) is 0.788. The van der Waals surface area contributed by atoms with Crippen LogP contribution in [0, 0.1) is 5.41 Å². The molecular weight excluding hydrogens is 220 g/mol. The molecule has 1 heterocycles. The van der Waals surface area contributed by atoms with Gasteiger partial charge in [-0.25, -0.2) is 0 Å². The Labute approximate surface area is 102 Å². The standard InChI is InChI=1S/C11H18N4S/c1-7(11(2,3)4)14-10-8(9(12)16)5-6-13-15-10/h5-7H,1-4H3,(H2,12,16)(H,14,15). The number of nitrogens with two attached hydrogens (primary N) is 1. The van der Waals surface area contributed by atoms with Crippen molar-refractivity contribution in [3.8, 4) is 0 Å². The molecule has 4 nitrogen and oxygen atoms in total. The van der Waals surface area contributed by atoms with Crippen molar-refractivity contribution in [3.05, 3.63) is 17.8 Å². The molecule has 16 heavy (non-hydrogen) atoms. The summed E-state index contributed by atoms with van der Waals surface area (Å²) in [4.78, 5) is 0.332. The normalized spacial score (nSPS) is 13.2. The fourth-order valence-corrected chi connectivity index (χ4v) is 1.22. The summed E-state index contributed by atoms with van der Waals surface area (Å²) in [6, 6.07) is 2.02. The van der Waals surface area contributed by atoms with Crippen molar-refractivity contribution >= 4 is 23.0 Å². The largest absolute Gasteiger partial charge is 0.389 e. The molecule has 88 valence electrons. The van der Waals surface area contributed by atoms with E-state index in [4.69, 9.17) is 18.0 Å². The van der Waals surface area contributed by atoms with E-state index in [9.17, 15) is 0 Å². The summed E-state index contributed by atoms with van der Waals surface area (Å²) in [7, 11) is 0. The maximum atomic E-state index is 5.62. The van der Waals surface area contributed by atoms with Crippen molar-refractivity contribution in [1.29, 1.82) is 0 Å². The topological polar surface area (TPSA) is 63.8 Å². The maximum absolute atomic E-state index is 5.62. The van der Waals surface area contributed by atoms with Crippen molar-refractivity contribution in [3.63, 3.8) is 0 Å². The van der Waals surface area contributed by atoms with E-state index in [0.717, 1.165) is 5.56 Å². The van der Waals surface area contributed by atoms with Gasteiger partial charge in [0.2, 0.25) is 0 Å². The van der Waals surface area contributed by atoms with E-state index in [1.165, 1.54) is 0 Å². The van der Waals surface area contributed by atoms with Gasteiger partial charge in [0, 0.05) is 6.04 Å². The lowest BCUT2D eigenvalue weighted by molar-refractivity contribution is 0.358. The van der Waals surface area contributed by atoms with E-state index in [1.807, 2.05) is 0 Å². The highest BCUT2D eigenvalue weighted by Crippen LogP contribution is 2.23. The van der Waals surface area contributed by atoms with Crippen LogP contribution in [0.25, 0.3) is 0 Å². The molecule has 0 saturated heterocycles. The summed E-state index contributed by atoms with van der Waals surface area (Å²) < 4.78 is 0. The third-order valence-corrected chi connectivity index (χ3v) is 2.86. The monoisotopic (exact) mass is 238 g/mol. The lowest BCUT2D eigenvalue weighted by Gasteiger charge is -2.28. The van der Waals surface area contributed by atoms with Gasteiger partial charge in [-0.05, 0) is 18.4 Å². The Morgan fingerprint density at radius 2 is 2.12 bits per heavy atom. The second-order valence-corrected chi connectivity index (χ2v) is 5.33. The third-order valence-electron chi connectivity index (χ3n) is 2.64. The fourth-order valence-electron chi connectivity index (χ4n) is 1.06. The van der Waals surface area contributed by atoms with Gasteiger partial charge in [0.1, 0.15) is 4.99 Å². The molecular formula is C11H18N4S. The van der Waals surface area contributed by atoms with Gasteiger partial charge in [0.25, 0.3) is 0 Å². The molecule has 0 radical (unpaired) electrons. The highest BCUT2D eigenvalue weighted by Gasteiger charge is 2.21. The van der Waals surface area contributed by atoms with Crippen molar-refractivity contribution in [2.24, 2.45) is 11.1 Å². The van der Waals surface area contributed by atoms with Crippen LogP contribution in [0.5, 0.6) is 0 Å². The van der Waals surface area contributed by atoms with E-state index < -0.39 is 0 Å². The zero-order chi connectivity index (χ0) is 12.3. The zero-order valence-electron chi connectivity index (χ0n) is 10.1. The summed E-state index contributed by atoms with van der Waals surface area (Å²) >= 11 is 4.97. The Morgan fingerprint density at radius 1 is 1.50 bits per heavy atom. The molecule has 1 unspecified atom stereocenters. The first-order valence-electron chi connectivity index (χ1n) is 5.20. The summed E-state index contributed by atoms with van der Waals surface area (Å²) in [6.07, 6.45) is 1.58. The molecule has 0 spiro atoms. The van der Waals surface area contributed by atoms with Crippen LogP contribution in [0.2, 0.25) is 0 Å².